The maximum Gasteiger partial charge on any atom is 0.273 e. The van der Waals surface area contributed by atoms with E-state index in [0.29, 0.717) is 43.9 Å². The molecule has 0 spiro atoms. The molecule has 1 saturated heterocycles. The van der Waals surface area contributed by atoms with E-state index in [0.717, 1.165) is 24.8 Å². The number of pyridine rings is 1. The van der Waals surface area contributed by atoms with E-state index >= 15 is 0 Å². The van der Waals surface area contributed by atoms with Gasteiger partial charge in [0.2, 0.25) is 0 Å². The third kappa shape index (κ3) is 5.16. The van der Waals surface area contributed by atoms with Crippen LogP contribution in [0.5, 0.6) is 11.5 Å². The first-order valence-electron chi connectivity index (χ1n) is 10.4. The summed E-state index contributed by atoms with van der Waals surface area (Å²) in [5.74, 6) is 0.0895. The number of carbonyl (C=O) groups is 2. The molecule has 160 valence electrons. The normalized spacial score (nSPS) is 16.3. The zero-order valence-corrected chi connectivity index (χ0v) is 17.3. The Morgan fingerprint density at radius 1 is 1.30 bits per heavy atom. The first-order chi connectivity index (χ1) is 14.7. The fraction of sp³-hybridized carbons (Fsp3) is 0.435. The second-order valence-corrected chi connectivity index (χ2v) is 7.22. The van der Waals surface area contributed by atoms with Crippen LogP contribution in [-0.4, -0.2) is 59.6 Å². The molecule has 1 aromatic carbocycles. The molecule has 1 amide bonds. The number of amides is 1. The molecular weight excluding hydrogens is 384 g/mol. The lowest BCUT2D eigenvalue weighted by atomic mass is 10.0. The van der Waals surface area contributed by atoms with Crippen molar-refractivity contribution in [1.82, 2.24) is 9.88 Å². The van der Waals surface area contributed by atoms with Gasteiger partial charge in [0, 0.05) is 19.3 Å². The minimum absolute atomic E-state index is 0.109. The van der Waals surface area contributed by atoms with Gasteiger partial charge in [-0.05, 0) is 56.4 Å². The predicted octanol–water partition coefficient (Wildman–Crippen LogP) is 3.25. The third-order valence-electron chi connectivity index (χ3n) is 5.29. The quantitative estimate of drug-likeness (QED) is 0.502. The van der Waals surface area contributed by atoms with Crippen molar-refractivity contribution >= 4 is 12.2 Å². The van der Waals surface area contributed by atoms with Crippen molar-refractivity contribution in [3.63, 3.8) is 0 Å². The Morgan fingerprint density at radius 2 is 2.17 bits per heavy atom. The lowest BCUT2D eigenvalue weighted by Crippen LogP contribution is -2.47. The molecule has 1 unspecified atom stereocenters. The van der Waals surface area contributed by atoms with Crippen LogP contribution in [0, 0.1) is 0 Å². The number of ether oxygens (including phenoxy) is 2. The first kappa shape index (κ1) is 21.8. The summed E-state index contributed by atoms with van der Waals surface area (Å²) < 4.78 is 11.3. The van der Waals surface area contributed by atoms with E-state index < -0.39 is 0 Å². The van der Waals surface area contributed by atoms with Crippen molar-refractivity contribution in [3.8, 4) is 11.5 Å². The fourth-order valence-electron chi connectivity index (χ4n) is 3.70. The van der Waals surface area contributed by atoms with Crippen molar-refractivity contribution in [1.29, 1.82) is 0 Å². The van der Waals surface area contributed by atoms with Gasteiger partial charge < -0.3 is 19.5 Å². The van der Waals surface area contributed by atoms with Crippen LogP contribution in [0.4, 0.5) is 0 Å². The Morgan fingerprint density at radius 3 is 2.97 bits per heavy atom. The minimum atomic E-state index is -0.130. The molecule has 2 aromatic rings. The van der Waals surface area contributed by atoms with Gasteiger partial charge in [0.15, 0.2) is 6.29 Å². The number of phenols is 1. The van der Waals surface area contributed by atoms with Crippen LogP contribution in [0.15, 0.2) is 36.5 Å². The van der Waals surface area contributed by atoms with E-state index in [4.69, 9.17) is 9.47 Å². The van der Waals surface area contributed by atoms with Crippen molar-refractivity contribution in [2.24, 2.45) is 0 Å². The van der Waals surface area contributed by atoms with Crippen LogP contribution in [0.2, 0.25) is 0 Å². The second-order valence-electron chi connectivity index (χ2n) is 7.22. The number of aromatic hydroxyl groups is 1. The molecular formula is C23H28N2O5. The monoisotopic (exact) mass is 412 g/mol. The summed E-state index contributed by atoms with van der Waals surface area (Å²) in [5.41, 5.74) is 1.45. The molecule has 1 aliphatic heterocycles. The van der Waals surface area contributed by atoms with Crippen molar-refractivity contribution in [3.05, 3.63) is 53.3 Å². The molecule has 1 atom stereocenters. The van der Waals surface area contributed by atoms with Gasteiger partial charge in [0.1, 0.15) is 23.8 Å². The predicted molar refractivity (Wildman–Crippen MR) is 112 cm³/mol. The summed E-state index contributed by atoms with van der Waals surface area (Å²) in [4.78, 5) is 30.8. The van der Waals surface area contributed by atoms with E-state index in [1.165, 1.54) is 6.07 Å². The Labute approximate surface area is 176 Å². The standard InChI is InChI=1S/C23H28N2O5/c1-2-29-14-11-17-7-6-12-24-22(17)23(28)25-13-4-3-8-18(25)16-30-21-10-5-9-20(27)19(21)15-26/h5-7,9-10,12,15,18,27H,2-4,8,11,13-14,16H2,1H3. The van der Waals surface area contributed by atoms with Crippen LogP contribution in [0.25, 0.3) is 0 Å². The number of likely N-dealkylation sites (tertiary alicyclic amines) is 1. The number of aromatic nitrogens is 1. The van der Waals surface area contributed by atoms with E-state index in [1.807, 2.05) is 24.0 Å². The molecule has 0 bridgehead atoms. The van der Waals surface area contributed by atoms with Gasteiger partial charge in [-0.25, -0.2) is 0 Å². The van der Waals surface area contributed by atoms with Crippen molar-refractivity contribution < 1.29 is 24.2 Å². The number of aldehydes is 1. The first-order valence-corrected chi connectivity index (χ1v) is 10.4. The Kier molecular flexibility index (Phi) is 7.79. The smallest absolute Gasteiger partial charge is 0.273 e. The van der Waals surface area contributed by atoms with Crippen LogP contribution >= 0.6 is 0 Å². The number of benzene rings is 1. The Bertz CT molecular complexity index is 870. The van der Waals surface area contributed by atoms with Crippen LogP contribution in [0.1, 0.15) is 52.6 Å². The number of rotatable bonds is 9. The Balaban J connectivity index is 1.74. The summed E-state index contributed by atoms with van der Waals surface area (Å²) in [5, 5.41) is 9.84. The molecule has 0 radical (unpaired) electrons. The molecule has 1 aromatic heterocycles. The van der Waals surface area contributed by atoms with E-state index in [1.54, 1.807) is 18.3 Å². The number of hydrogen-bond donors (Lipinski definition) is 1. The summed E-state index contributed by atoms with van der Waals surface area (Å²) in [6, 6.07) is 8.33. The average Bonchev–Trinajstić information content (AvgIpc) is 2.78. The molecule has 1 aliphatic rings. The molecule has 7 heteroatoms. The molecule has 3 rings (SSSR count). The van der Waals surface area contributed by atoms with E-state index in [9.17, 15) is 14.7 Å². The fourth-order valence-corrected chi connectivity index (χ4v) is 3.70. The maximum absolute atomic E-state index is 13.3. The van der Waals surface area contributed by atoms with Gasteiger partial charge in [-0.3, -0.25) is 14.6 Å². The molecule has 0 aliphatic carbocycles. The molecule has 30 heavy (non-hydrogen) atoms. The SMILES string of the molecule is CCOCCc1cccnc1C(=O)N1CCCCC1COc1cccc(O)c1C=O. The van der Waals surface area contributed by atoms with Crippen LogP contribution < -0.4 is 4.74 Å². The largest absolute Gasteiger partial charge is 0.507 e. The van der Waals surface area contributed by atoms with Gasteiger partial charge >= 0.3 is 0 Å². The Hall–Kier alpha value is -2.93. The van der Waals surface area contributed by atoms with Crippen molar-refractivity contribution in [2.75, 3.05) is 26.4 Å². The van der Waals surface area contributed by atoms with Gasteiger partial charge in [0.05, 0.1) is 18.2 Å². The summed E-state index contributed by atoms with van der Waals surface area (Å²) >= 11 is 0. The van der Waals surface area contributed by atoms with E-state index in [-0.39, 0.29) is 29.9 Å². The molecule has 1 N–H and O–H groups in total. The highest BCUT2D eigenvalue weighted by atomic mass is 16.5. The summed E-state index contributed by atoms with van der Waals surface area (Å²) in [7, 11) is 0. The van der Waals surface area contributed by atoms with E-state index in [2.05, 4.69) is 4.98 Å². The number of hydrogen-bond acceptors (Lipinski definition) is 6. The van der Waals surface area contributed by atoms with Crippen LogP contribution in [0.3, 0.4) is 0 Å². The second kappa shape index (κ2) is 10.7. The number of phenolic OH excluding ortho intramolecular Hbond substituents is 1. The highest BCUT2D eigenvalue weighted by Gasteiger charge is 2.30. The lowest BCUT2D eigenvalue weighted by molar-refractivity contribution is 0.0519. The average molecular weight is 412 g/mol. The van der Waals surface area contributed by atoms with Gasteiger partial charge in [0.25, 0.3) is 5.91 Å². The number of carbonyl (C=O) groups excluding carboxylic acids is 2. The van der Waals surface area contributed by atoms with Crippen molar-refractivity contribution in [2.45, 2.75) is 38.6 Å². The van der Waals surface area contributed by atoms with Gasteiger partial charge in [-0.15, -0.1) is 0 Å². The lowest BCUT2D eigenvalue weighted by Gasteiger charge is -2.35. The molecule has 1 fully saturated rings. The highest BCUT2D eigenvalue weighted by Crippen LogP contribution is 2.27. The zero-order valence-electron chi connectivity index (χ0n) is 17.3. The number of nitrogens with zero attached hydrogens (tertiary/aromatic N) is 2. The number of piperidine rings is 1. The zero-order chi connectivity index (χ0) is 21.3. The minimum Gasteiger partial charge on any atom is -0.507 e. The maximum atomic E-state index is 13.3. The molecule has 7 nitrogen and oxygen atoms in total. The topological polar surface area (TPSA) is 89.0 Å². The third-order valence-corrected chi connectivity index (χ3v) is 5.29. The molecule has 0 saturated carbocycles. The van der Waals surface area contributed by atoms with Crippen LogP contribution in [-0.2, 0) is 11.2 Å². The summed E-state index contributed by atoms with van der Waals surface area (Å²) in [6.45, 7) is 4.00. The molecule has 2 heterocycles. The summed E-state index contributed by atoms with van der Waals surface area (Å²) in [6.07, 6.45) is 5.57. The van der Waals surface area contributed by atoms with Gasteiger partial charge in [-0.2, -0.15) is 0 Å². The van der Waals surface area contributed by atoms with Gasteiger partial charge in [-0.1, -0.05) is 12.1 Å². The highest BCUT2D eigenvalue weighted by molar-refractivity contribution is 5.94.